The van der Waals surface area contributed by atoms with Gasteiger partial charge in [0.25, 0.3) is 16.1 Å². The largest absolute Gasteiger partial charge is 0.443 e. The Morgan fingerprint density at radius 1 is 1.03 bits per heavy atom. The average Bonchev–Trinajstić information content (AvgIpc) is 2.64. The predicted octanol–water partition coefficient (Wildman–Crippen LogP) is 4.73. The van der Waals surface area contributed by atoms with Gasteiger partial charge in [0.15, 0.2) is 0 Å². The molecule has 0 saturated carbocycles. The van der Waals surface area contributed by atoms with Crippen molar-refractivity contribution in [1.29, 1.82) is 0 Å². The molecule has 0 radical (unpaired) electrons. The monoisotopic (exact) mass is 438 g/mol. The minimum atomic E-state index is -4.22. The smallest absolute Gasteiger partial charge is 0.425 e. The number of benzene rings is 2. The van der Waals surface area contributed by atoms with Crippen LogP contribution < -0.4 is 4.83 Å². The summed E-state index contributed by atoms with van der Waals surface area (Å²) in [5, 5.41) is 0.530. The summed E-state index contributed by atoms with van der Waals surface area (Å²) in [7, 11) is -4.22. The van der Waals surface area contributed by atoms with E-state index in [-0.39, 0.29) is 10.5 Å². The maximum Gasteiger partial charge on any atom is 0.425 e. The Morgan fingerprint density at radius 3 is 2.10 bits per heavy atom. The maximum absolute atomic E-state index is 13.7. The molecule has 0 aliphatic rings. The summed E-state index contributed by atoms with van der Waals surface area (Å²) in [6.45, 7) is 5.81. The van der Waals surface area contributed by atoms with Gasteiger partial charge in [-0.05, 0) is 45.4 Å². The van der Waals surface area contributed by atoms with Crippen molar-refractivity contribution in [3.8, 4) is 0 Å². The number of hydrogen-bond donors (Lipinski definition) is 1. The van der Waals surface area contributed by atoms with E-state index in [9.17, 15) is 22.0 Å². The Bertz CT molecular complexity index is 1010. The maximum atomic E-state index is 13.7. The highest BCUT2D eigenvalue weighted by atomic mass is 32.2. The molecule has 0 unspecified atom stereocenters. The summed E-state index contributed by atoms with van der Waals surface area (Å²) < 4.78 is 58.0. The van der Waals surface area contributed by atoms with Crippen molar-refractivity contribution < 1.29 is 26.7 Å². The first-order valence-corrected chi connectivity index (χ1v) is 10.6. The first-order chi connectivity index (χ1) is 13.9. The molecule has 0 heterocycles. The van der Waals surface area contributed by atoms with Crippen molar-refractivity contribution in [2.45, 2.75) is 38.2 Å². The van der Waals surface area contributed by atoms with Gasteiger partial charge in [0.2, 0.25) is 0 Å². The van der Waals surface area contributed by atoms with Gasteiger partial charge in [0.05, 0.1) is 11.4 Å². The number of hydrogen-bond acceptors (Lipinski definition) is 4. The van der Waals surface area contributed by atoms with Crippen LogP contribution in [0.1, 0.15) is 31.9 Å². The molecule has 1 amide bonds. The van der Waals surface area contributed by atoms with Gasteiger partial charge in [-0.1, -0.05) is 48.0 Å². The Hall–Kier alpha value is -2.78. The van der Waals surface area contributed by atoms with Crippen LogP contribution in [0, 0.1) is 6.92 Å². The fourth-order valence-electron chi connectivity index (χ4n) is 2.42. The molecule has 2 rings (SSSR count). The van der Waals surface area contributed by atoms with Crippen LogP contribution in [0.25, 0.3) is 5.57 Å². The summed E-state index contributed by atoms with van der Waals surface area (Å²) in [5.41, 5.74) is -0.476. The zero-order chi connectivity index (χ0) is 22.5. The van der Waals surface area contributed by atoms with Crippen LogP contribution in [-0.4, -0.2) is 31.7 Å². The van der Waals surface area contributed by atoms with Gasteiger partial charge in [0, 0.05) is 5.57 Å². The fraction of sp³-hybridized carbons (Fsp3) is 0.286. The number of ether oxygens (including phenoxy) is 1. The molecule has 0 aliphatic carbocycles. The van der Waals surface area contributed by atoms with Gasteiger partial charge in [-0.2, -0.15) is 8.78 Å². The third-order valence-electron chi connectivity index (χ3n) is 3.84. The van der Waals surface area contributed by atoms with E-state index in [1.54, 1.807) is 58.0 Å². The van der Waals surface area contributed by atoms with Crippen molar-refractivity contribution in [3.63, 3.8) is 0 Å². The Morgan fingerprint density at radius 2 is 1.60 bits per heavy atom. The van der Waals surface area contributed by atoms with E-state index in [0.717, 1.165) is 5.56 Å². The van der Waals surface area contributed by atoms with Crippen LogP contribution in [0.4, 0.5) is 13.6 Å². The SMILES string of the molecule is Cc1ccc(S(=O)(=O)NN(CC(=C(F)F)c2ccccc2)C(=O)OC(C)(C)C)cc1. The number of nitrogens with one attached hydrogen (secondary N) is 1. The van der Waals surface area contributed by atoms with E-state index < -0.39 is 39.9 Å². The van der Waals surface area contributed by atoms with Crippen molar-refractivity contribution in [2.75, 3.05) is 6.54 Å². The standard InChI is InChI=1S/C21H24F2N2O4S/c1-15-10-12-17(13-11-15)30(27,28)24-25(20(26)29-21(2,3)4)14-18(19(22)23)16-8-6-5-7-9-16/h5-13,24H,14H2,1-4H3. The zero-order valence-electron chi connectivity index (χ0n) is 17.1. The number of sulfonamides is 1. The molecule has 9 heteroatoms. The van der Waals surface area contributed by atoms with Crippen molar-refractivity contribution in [3.05, 3.63) is 71.8 Å². The highest BCUT2D eigenvalue weighted by molar-refractivity contribution is 7.89. The molecule has 162 valence electrons. The third kappa shape index (κ3) is 6.64. The van der Waals surface area contributed by atoms with E-state index in [0.29, 0.717) is 5.01 Å². The van der Waals surface area contributed by atoms with E-state index in [2.05, 4.69) is 4.83 Å². The van der Waals surface area contributed by atoms with Crippen LogP contribution in [0.2, 0.25) is 0 Å². The molecule has 30 heavy (non-hydrogen) atoms. The van der Waals surface area contributed by atoms with Crippen LogP contribution in [-0.2, 0) is 14.8 Å². The molecule has 2 aromatic rings. The lowest BCUT2D eigenvalue weighted by molar-refractivity contribution is 0.0231. The zero-order valence-corrected chi connectivity index (χ0v) is 18.0. The normalized spacial score (nSPS) is 11.7. The molecule has 0 atom stereocenters. The first kappa shape index (κ1) is 23.5. The first-order valence-electron chi connectivity index (χ1n) is 9.08. The van der Waals surface area contributed by atoms with Gasteiger partial charge in [-0.25, -0.2) is 18.2 Å². The molecule has 6 nitrogen and oxygen atoms in total. The molecule has 0 aliphatic heterocycles. The van der Waals surface area contributed by atoms with Crippen molar-refractivity contribution in [1.82, 2.24) is 9.84 Å². The van der Waals surface area contributed by atoms with Gasteiger partial charge >= 0.3 is 6.09 Å². The number of aryl methyl sites for hydroxylation is 1. The van der Waals surface area contributed by atoms with E-state index in [1.165, 1.54) is 24.3 Å². The molecule has 0 bridgehead atoms. The average molecular weight is 438 g/mol. The fourth-order valence-corrected chi connectivity index (χ4v) is 3.45. The second kappa shape index (κ2) is 9.36. The number of rotatable bonds is 6. The minimum absolute atomic E-state index is 0.118. The topological polar surface area (TPSA) is 75.7 Å². The summed E-state index contributed by atoms with van der Waals surface area (Å²) in [6.07, 6.45) is -3.14. The van der Waals surface area contributed by atoms with E-state index in [4.69, 9.17) is 4.74 Å². The number of carbonyl (C=O) groups excluding carboxylic acids is 1. The van der Waals surface area contributed by atoms with Crippen molar-refractivity contribution >= 4 is 21.7 Å². The molecule has 0 spiro atoms. The molecule has 0 fully saturated rings. The number of nitrogens with zero attached hydrogens (tertiary/aromatic N) is 1. The van der Waals surface area contributed by atoms with Crippen LogP contribution in [0.15, 0.2) is 65.6 Å². The molecule has 0 saturated heterocycles. The number of hydrazine groups is 1. The molecular formula is C21H24F2N2O4S. The van der Waals surface area contributed by atoms with Gasteiger partial charge in [0.1, 0.15) is 5.60 Å². The van der Waals surface area contributed by atoms with E-state index in [1.807, 2.05) is 0 Å². The third-order valence-corrected chi connectivity index (χ3v) is 5.20. The molecular weight excluding hydrogens is 414 g/mol. The lowest BCUT2D eigenvalue weighted by Gasteiger charge is -2.28. The lowest BCUT2D eigenvalue weighted by Crippen LogP contribution is -2.48. The highest BCUT2D eigenvalue weighted by Gasteiger charge is 2.29. The summed E-state index contributed by atoms with van der Waals surface area (Å²) in [6, 6.07) is 13.5. The van der Waals surface area contributed by atoms with Crippen molar-refractivity contribution in [2.24, 2.45) is 0 Å². The van der Waals surface area contributed by atoms with Gasteiger partial charge < -0.3 is 4.74 Å². The molecule has 0 aromatic heterocycles. The number of carbonyl (C=O) groups is 1. The lowest BCUT2D eigenvalue weighted by atomic mass is 10.1. The van der Waals surface area contributed by atoms with Crippen LogP contribution >= 0.6 is 0 Å². The second-order valence-corrected chi connectivity index (χ2v) is 9.24. The van der Waals surface area contributed by atoms with Gasteiger partial charge in [-0.3, -0.25) is 0 Å². The van der Waals surface area contributed by atoms with E-state index >= 15 is 0 Å². The Labute approximate surface area is 175 Å². The summed E-state index contributed by atoms with van der Waals surface area (Å²) in [5.74, 6) is 0. The quantitative estimate of drug-likeness (QED) is 0.662. The second-order valence-electron chi connectivity index (χ2n) is 7.58. The highest BCUT2D eigenvalue weighted by Crippen LogP contribution is 2.23. The van der Waals surface area contributed by atoms with Crippen LogP contribution in [0.3, 0.4) is 0 Å². The number of halogens is 2. The summed E-state index contributed by atoms with van der Waals surface area (Å²) in [4.78, 5) is 14.6. The molecule has 2 aromatic carbocycles. The minimum Gasteiger partial charge on any atom is -0.443 e. The molecule has 1 N–H and O–H groups in total. The van der Waals surface area contributed by atoms with Crippen LogP contribution in [0.5, 0.6) is 0 Å². The van der Waals surface area contributed by atoms with Gasteiger partial charge in [-0.15, -0.1) is 4.83 Å². The number of amides is 1. The predicted molar refractivity (Wildman–Crippen MR) is 110 cm³/mol. The summed E-state index contributed by atoms with van der Waals surface area (Å²) >= 11 is 0. The Kier molecular flexibility index (Phi) is 7.33. The Balaban J connectivity index is 2.40.